The summed E-state index contributed by atoms with van der Waals surface area (Å²) in [5.74, 6) is 0. The van der Waals surface area contributed by atoms with Crippen LogP contribution in [0.5, 0.6) is 0 Å². The predicted octanol–water partition coefficient (Wildman–Crippen LogP) is 5.48. The van der Waals surface area contributed by atoms with Crippen molar-refractivity contribution in [3.63, 3.8) is 0 Å². The van der Waals surface area contributed by atoms with E-state index in [1.54, 1.807) is 0 Å². The van der Waals surface area contributed by atoms with Crippen LogP contribution in [0.1, 0.15) is 0 Å². The molecule has 0 saturated heterocycles. The second-order valence-corrected chi connectivity index (χ2v) is 9.90. The highest BCUT2D eigenvalue weighted by Gasteiger charge is 2.00. The van der Waals surface area contributed by atoms with Gasteiger partial charge in [-0.05, 0) is 12.1 Å². The molecule has 1 nitrogen and oxygen atoms in total. The van der Waals surface area contributed by atoms with Crippen molar-refractivity contribution in [2.24, 2.45) is 0 Å². The van der Waals surface area contributed by atoms with Gasteiger partial charge in [0.25, 0.3) is 0 Å². The van der Waals surface area contributed by atoms with Gasteiger partial charge in [-0.1, -0.05) is 36.4 Å². The van der Waals surface area contributed by atoms with Crippen LogP contribution in [-0.4, -0.2) is 8.17 Å². The van der Waals surface area contributed by atoms with Gasteiger partial charge in [0, 0.05) is 21.8 Å². The first-order valence-corrected chi connectivity index (χ1v) is 7.81. The first-order chi connectivity index (χ1) is 8.18. The number of nitrogens with one attached hydrogen (secondary N) is 1. The van der Waals surface area contributed by atoms with Crippen molar-refractivity contribution in [1.82, 2.24) is 4.98 Å². The molecule has 0 fully saturated rings. The Morgan fingerprint density at radius 3 is 1.47 bits per heavy atom. The molecule has 5 heteroatoms. The molecule has 0 saturated carbocycles. The maximum atomic E-state index is 3.38. The summed E-state index contributed by atoms with van der Waals surface area (Å²) in [6.45, 7) is 0. The molecule has 0 aliphatic carbocycles. The second kappa shape index (κ2) is 6.07. The summed E-state index contributed by atoms with van der Waals surface area (Å²) in [5.41, 5.74) is 2.42. The zero-order chi connectivity index (χ0) is 12.3. The Bertz CT molecular complexity index is 568. The average molecular weight is 418 g/mol. The Kier molecular flexibility index (Phi) is 4.71. The summed E-state index contributed by atoms with van der Waals surface area (Å²) < 4.78 is 0.271. The van der Waals surface area contributed by atoms with E-state index in [9.17, 15) is 0 Å². The predicted molar refractivity (Wildman–Crippen MR) is 88.3 cm³/mol. The Labute approximate surface area is 125 Å². The number of aromatic nitrogens is 1. The van der Waals surface area contributed by atoms with Crippen molar-refractivity contribution < 1.29 is 0 Å². The van der Waals surface area contributed by atoms with Gasteiger partial charge >= 0.3 is 3.18 Å². The van der Waals surface area contributed by atoms with Crippen molar-refractivity contribution in [1.29, 1.82) is 0 Å². The monoisotopic (exact) mass is 415 g/mol. The minimum absolute atomic E-state index is 0.271. The van der Waals surface area contributed by atoms with E-state index in [2.05, 4.69) is 101 Å². The lowest BCUT2D eigenvalue weighted by Crippen LogP contribution is -1.62. The summed E-state index contributed by atoms with van der Waals surface area (Å²) in [5, 5.41) is 2.61. The number of hydrogen-bond acceptors (Lipinski definition) is 0. The fraction of sp³-hybridized carbons (Fsp3) is 0. The molecule has 0 bridgehead atoms. The highest BCUT2D eigenvalue weighted by Crippen LogP contribution is 2.24. The summed E-state index contributed by atoms with van der Waals surface area (Å²) in [4.78, 5) is 3.38. The van der Waals surface area contributed by atoms with Crippen LogP contribution < -0.4 is 0 Å². The number of benzene rings is 2. The topological polar surface area (TPSA) is 15.8 Å². The van der Waals surface area contributed by atoms with Crippen molar-refractivity contribution in [2.75, 3.05) is 0 Å². The van der Waals surface area contributed by atoms with E-state index in [0.29, 0.717) is 0 Å². The fourth-order valence-electron chi connectivity index (χ4n) is 1.80. The molecule has 1 N–H and O–H groups in total. The minimum atomic E-state index is 0.271. The molecule has 0 aliphatic heterocycles. The van der Waals surface area contributed by atoms with Crippen LogP contribution in [0.3, 0.4) is 0 Å². The standard InChI is InChI=1S/C12H9N.BBr3/c1-3-7-11-9(5-1)10-6-2-4-8-12(10)13-11;2-1(3)4/h1-8,13H;. The molecule has 0 radical (unpaired) electrons. The van der Waals surface area contributed by atoms with Gasteiger partial charge in [-0.25, -0.2) is 0 Å². The quantitative estimate of drug-likeness (QED) is 0.466. The summed E-state index contributed by atoms with van der Waals surface area (Å²) in [6, 6.07) is 16.8. The Hall–Kier alpha value is -0.255. The molecule has 86 valence electrons. The largest absolute Gasteiger partial charge is 0.369 e. The van der Waals surface area contributed by atoms with E-state index in [4.69, 9.17) is 0 Å². The smallest absolute Gasteiger partial charge is 0.355 e. The van der Waals surface area contributed by atoms with Crippen LogP contribution >= 0.6 is 47.3 Å². The zero-order valence-electron chi connectivity index (χ0n) is 8.83. The van der Waals surface area contributed by atoms with E-state index in [-0.39, 0.29) is 3.18 Å². The van der Waals surface area contributed by atoms with Gasteiger partial charge in [0.1, 0.15) is 0 Å². The van der Waals surface area contributed by atoms with Crippen molar-refractivity contribution in [3.05, 3.63) is 48.5 Å². The number of H-pyrrole nitrogens is 1. The highest BCUT2D eigenvalue weighted by molar-refractivity contribution is 9.69. The van der Waals surface area contributed by atoms with Gasteiger partial charge < -0.3 is 4.98 Å². The molecule has 0 spiro atoms. The molecule has 0 amide bonds. The van der Waals surface area contributed by atoms with Crippen LogP contribution in [0.25, 0.3) is 21.8 Å². The van der Waals surface area contributed by atoms with E-state index in [0.717, 1.165) is 0 Å². The normalized spacial score (nSPS) is 10.1. The first kappa shape index (κ1) is 13.2. The van der Waals surface area contributed by atoms with Crippen molar-refractivity contribution >= 4 is 72.3 Å². The third-order valence-corrected chi connectivity index (χ3v) is 2.41. The van der Waals surface area contributed by atoms with E-state index >= 15 is 0 Å². The lowest BCUT2D eigenvalue weighted by Gasteiger charge is -1.87. The van der Waals surface area contributed by atoms with Gasteiger partial charge in [-0.3, -0.25) is 0 Å². The van der Waals surface area contributed by atoms with Gasteiger partial charge in [-0.15, -0.1) is 47.3 Å². The highest BCUT2D eigenvalue weighted by atomic mass is 79.9. The Morgan fingerprint density at radius 2 is 1.06 bits per heavy atom. The number of halogens is 3. The molecule has 3 rings (SSSR count). The molecule has 2 aromatic carbocycles. The minimum Gasteiger partial charge on any atom is -0.355 e. The maximum Gasteiger partial charge on any atom is 0.369 e. The molecule has 17 heavy (non-hydrogen) atoms. The molecule has 0 unspecified atom stereocenters. The van der Waals surface area contributed by atoms with E-state index < -0.39 is 0 Å². The number of hydrogen-bond donors (Lipinski definition) is 1. The molecule has 3 aromatic rings. The lowest BCUT2D eigenvalue weighted by molar-refractivity contribution is 1.55. The molecule has 0 aliphatic rings. The fourth-order valence-corrected chi connectivity index (χ4v) is 1.80. The molecule has 1 aromatic heterocycles. The molecular formula is C12H9BBr3N. The van der Waals surface area contributed by atoms with Crippen LogP contribution in [0.4, 0.5) is 0 Å². The second-order valence-electron chi connectivity index (χ2n) is 3.46. The first-order valence-electron chi connectivity index (χ1n) is 5.06. The van der Waals surface area contributed by atoms with Crippen LogP contribution in [0, 0.1) is 0 Å². The number of para-hydroxylation sites is 2. The summed E-state index contributed by atoms with van der Waals surface area (Å²) in [6.07, 6.45) is 0. The van der Waals surface area contributed by atoms with Crippen molar-refractivity contribution in [3.8, 4) is 0 Å². The lowest BCUT2D eigenvalue weighted by atomic mass is 10.2. The van der Waals surface area contributed by atoms with E-state index in [1.165, 1.54) is 21.8 Å². The average Bonchev–Trinajstić information content (AvgIpc) is 2.66. The van der Waals surface area contributed by atoms with Crippen LogP contribution in [-0.2, 0) is 0 Å². The van der Waals surface area contributed by atoms with Gasteiger partial charge in [0.05, 0.1) is 0 Å². The third kappa shape index (κ3) is 3.36. The Balaban J connectivity index is 0.000000239. The number of aromatic amines is 1. The maximum absolute atomic E-state index is 3.38. The number of fused-ring (bicyclic) bond motifs is 3. The Morgan fingerprint density at radius 1 is 0.706 bits per heavy atom. The van der Waals surface area contributed by atoms with Crippen molar-refractivity contribution in [2.45, 2.75) is 0 Å². The van der Waals surface area contributed by atoms with Crippen LogP contribution in [0.15, 0.2) is 48.5 Å². The zero-order valence-corrected chi connectivity index (χ0v) is 13.6. The van der Waals surface area contributed by atoms with Gasteiger partial charge in [0.15, 0.2) is 0 Å². The molecule has 1 heterocycles. The molecular weight excluding hydrogens is 409 g/mol. The number of rotatable bonds is 0. The third-order valence-electron chi connectivity index (χ3n) is 2.41. The van der Waals surface area contributed by atoms with E-state index in [1.807, 2.05) is 0 Å². The molecule has 0 atom stereocenters. The van der Waals surface area contributed by atoms with Gasteiger partial charge in [-0.2, -0.15) is 0 Å². The summed E-state index contributed by atoms with van der Waals surface area (Å²) in [7, 11) is 0. The van der Waals surface area contributed by atoms with Crippen LogP contribution in [0.2, 0.25) is 0 Å². The van der Waals surface area contributed by atoms with Gasteiger partial charge in [0.2, 0.25) is 0 Å². The SMILES string of the molecule is BrB(Br)Br.c1ccc2c(c1)[nH]c1ccccc12. The summed E-state index contributed by atoms with van der Waals surface area (Å²) >= 11 is 9.31.